The van der Waals surface area contributed by atoms with Crippen LogP contribution in [0.25, 0.3) is 11.5 Å². The van der Waals surface area contributed by atoms with Gasteiger partial charge in [-0.2, -0.15) is 4.80 Å². The zero-order valence-electron chi connectivity index (χ0n) is 10.6. The van der Waals surface area contributed by atoms with Gasteiger partial charge in [0.05, 0.1) is 7.05 Å². The lowest BCUT2D eigenvalue weighted by atomic mass is 10.3. The fourth-order valence-electron chi connectivity index (χ4n) is 1.60. The summed E-state index contributed by atoms with van der Waals surface area (Å²) in [6.07, 6.45) is 1.38. The first-order valence-electron chi connectivity index (χ1n) is 5.80. The van der Waals surface area contributed by atoms with Crippen LogP contribution in [0.5, 0.6) is 11.6 Å². The quantitative estimate of drug-likeness (QED) is 0.708. The minimum absolute atomic E-state index is 0.382. The summed E-state index contributed by atoms with van der Waals surface area (Å²) in [4.78, 5) is 9.48. The molecule has 0 atom stereocenters. The standard InChI is InChI=1S/C12H11N7O/c1-19-17-12(16-18-19)10-6-11(15-7-14-10)20-9-4-2-3-8(13)5-9/h2-7H,13H2,1H3. The lowest BCUT2D eigenvalue weighted by Crippen LogP contribution is -1.94. The molecule has 3 aromatic rings. The van der Waals surface area contributed by atoms with Crippen LogP contribution in [0.4, 0.5) is 5.69 Å². The summed E-state index contributed by atoms with van der Waals surface area (Å²) in [7, 11) is 1.68. The number of nitrogens with two attached hydrogens (primary N) is 1. The Labute approximate surface area is 114 Å². The van der Waals surface area contributed by atoms with Crippen LogP contribution in [0, 0.1) is 0 Å². The highest BCUT2D eigenvalue weighted by atomic mass is 16.5. The van der Waals surface area contributed by atoms with E-state index in [1.807, 2.05) is 0 Å². The molecular formula is C12H11N7O. The second-order valence-electron chi connectivity index (χ2n) is 4.02. The van der Waals surface area contributed by atoms with Gasteiger partial charge in [0, 0.05) is 17.8 Å². The van der Waals surface area contributed by atoms with Gasteiger partial charge in [0.2, 0.25) is 11.7 Å². The van der Waals surface area contributed by atoms with Gasteiger partial charge in [-0.25, -0.2) is 9.97 Å². The highest BCUT2D eigenvalue weighted by molar-refractivity contribution is 5.50. The number of nitrogen functional groups attached to an aromatic ring is 1. The van der Waals surface area contributed by atoms with Crippen LogP contribution < -0.4 is 10.5 Å². The largest absolute Gasteiger partial charge is 0.439 e. The van der Waals surface area contributed by atoms with E-state index < -0.39 is 0 Å². The molecule has 2 aromatic heterocycles. The Bertz CT molecular complexity index is 740. The molecule has 1 aromatic carbocycles. The number of tetrazole rings is 1. The average Bonchev–Trinajstić information content (AvgIpc) is 2.86. The molecule has 0 unspecified atom stereocenters. The number of hydrogen-bond acceptors (Lipinski definition) is 7. The van der Waals surface area contributed by atoms with E-state index >= 15 is 0 Å². The molecule has 0 saturated heterocycles. The molecule has 0 radical (unpaired) electrons. The molecule has 0 bridgehead atoms. The summed E-state index contributed by atoms with van der Waals surface area (Å²) < 4.78 is 5.61. The molecule has 8 nitrogen and oxygen atoms in total. The molecule has 0 aliphatic heterocycles. The Morgan fingerprint density at radius 2 is 2.10 bits per heavy atom. The number of aryl methyl sites for hydroxylation is 1. The second-order valence-corrected chi connectivity index (χ2v) is 4.02. The molecule has 2 heterocycles. The first-order valence-corrected chi connectivity index (χ1v) is 5.80. The first-order chi connectivity index (χ1) is 9.70. The fourth-order valence-corrected chi connectivity index (χ4v) is 1.60. The van der Waals surface area contributed by atoms with Crippen molar-refractivity contribution in [3.8, 4) is 23.1 Å². The lowest BCUT2D eigenvalue weighted by molar-refractivity contribution is 0.462. The Balaban J connectivity index is 1.88. The smallest absolute Gasteiger partial charge is 0.223 e. The summed E-state index contributed by atoms with van der Waals surface area (Å²) >= 11 is 0. The van der Waals surface area contributed by atoms with Crippen molar-refractivity contribution in [2.45, 2.75) is 0 Å². The predicted molar refractivity (Wildman–Crippen MR) is 70.8 cm³/mol. The second kappa shape index (κ2) is 4.92. The Kier molecular flexibility index (Phi) is 2.96. The number of ether oxygens (including phenoxy) is 1. The summed E-state index contributed by atoms with van der Waals surface area (Å²) in [6, 6.07) is 8.72. The molecular weight excluding hydrogens is 258 g/mol. The third kappa shape index (κ3) is 2.53. The van der Waals surface area contributed by atoms with Crippen molar-refractivity contribution in [1.82, 2.24) is 30.2 Å². The van der Waals surface area contributed by atoms with Crippen molar-refractivity contribution in [3.63, 3.8) is 0 Å². The van der Waals surface area contributed by atoms with Gasteiger partial charge < -0.3 is 10.5 Å². The van der Waals surface area contributed by atoms with Gasteiger partial charge in [-0.1, -0.05) is 6.07 Å². The van der Waals surface area contributed by atoms with Crippen LogP contribution in [-0.2, 0) is 7.05 Å². The predicted octanol–water partition coefficient (Wildman–Crippen LogP) is 1.04. The van der Waals surface area contributed by atoms with E-state index in [0.29, 0.717) is 28.8 Å². The van der Waals surface area contributed by atoms with Crippen molar-refractivity contribution < 1.29 is 4.74 Å². The van der Waals surface area contributed by atoms with Gasteiger partial charge in [-0.05, 0) is 17.3 Å². The monoisotopic (exact) mass is 269 g/mol. The van der Waals surface area contributed by atoms with E-state index in [0.717, 1.165) is 0 Å². The van der Waals surface area contributed by atoms with Crippen LogP contribution in [0.3, 0.4) is 0 Å². The molecule has 100 valence electrons. The molecule has 0 spiro atoms. The van der Waals surface area contributed by atoms with Gasteiger partial charge in [-0.15, -0.1) is 10.2 Å². The van der Waals surface area contributed by atoms with E-state index in [1.165, 1.54) is 11.1 Å². The Hall–Kier alpha value is -3.03. The number of rotatable bonds is 3. The van der Waals surface area contributed by atoms with Crippen molar-refractivity contribution in [2.75, 3.05) is 5.73 Å². The summed E-state index contributed by atoms with van der Waals surface area (Å²) in [5.41, 5.74) is 6.84. The van der Waals surface area contributed by atoms with Crippen molar-refractivity contribution in [1.29, 1.82) is 0 Å². The molecule has 0 aliphatic carbocycles. The SMILES string of the molecule is Cn1nnc(-c2cc(Oc3cccc(N)c3)ncn2)n1. The third-order valence-corrected chi connectivity index (χ3v) is 2.46. The van der Waals surface area contributed by atoms with Crippen LogP contribution in [-0.4, -0.2) is 30.2 Å². The molecule has 0 amide bonds. The van der Waals surface area contributed by atoms with E-state index in [4.69, 9.17) is 10.5 Å². The van der Waals surface area contributed by atoms with Crippen LogP contribution in [0.2, 0.25) is 0 Å². The zero-order chi connectivity index (χ0) is 13.9. The van der Waals surface area contributed by atoms with E-state index in [1.54, 1.807) is 37.4 Å². The minimum Gasteiger partial charge on any atom is -0.439 e. The van der Waals surface area contributed by atoms with E-state index in [-0.39, 0.29) is 0 Å². The molecule has 8 heteroatoms. The van der Waals surface area contributed by atoms with Crippen LogP contribution in [0.15, 0.2) is 36.7 Å². The summed E-state index contributed by atoms with van der Waals surface area (Å²) in [6.45, 7) is 0. The van der Waals surface area contributed by atoms with Crippen LogP contribution in [0.1, 0.15) is 0 Å². The van der Waals surface area contributed by atoms with Crippen molar-refractivity contribution in [2.24, 2.45) is 7.05 Å². The molecule has 20 heavy (non-hydrogen) atoms. The lowest BCUT2D eigenvalue weighted by Gasteiger charge is -2.05. The summed E-state index contributed by atoms with van der Waals surface area (Å²) in [5, 5.41) is 11.7. The van der Waals surface area contributed by atoms with Crippen molar-refractivity contribution >= 4 is 5.69 Å². The van der Waals surface area contributed by atoms with Crippen LogP contribution >= 0.6 is 0 Å². The van der Waals surface area contributed by atoms with E-state index in [2.05, 4.69) is 25.4 Å². The number of hydrogen-bond donors (Lipinski definition) is 1. The third-order valence-electron chi connectivity index (χ3n) is 2.46. The molecule has 0 saturated carbocycles. The van der Waals surface area contributed by atoms with Gasteiger partial charge in [0.1, 0.15) is 17.8 Å². The molecule has 3 rings (SSSR count). The maximum atomic E-state index is 5.69. The summed E-state index contributed by atoms with van der Waals surface area (Å²) in [5.74, 6) is 1.39. The maximum absolute atomic E-state index is 5.69. The Morgan fingerprint density at radius 3 is 2.85 bits per heavy atom. The van der Waals surface area contributed by atoms with Gasteiger partial charge in [-0.3, -0.25) is 0 Å². The highest BCUT2D eigenvalue weighted by Crippen LogP contribution is 2.23. The molecule has 2 N–H and O–H groups in total. The highest BCUT2D eigenvalue weighted by Gasteiger charge is 2.08. The Morgan fingerprint density at radius 1 is 1.20 bits per heavy atom. The zero-order valence-corrected chi connectivity index (χ0v) is 10.6. The number of anilines is 1. The van der Waals surface area contributed by atoms with Gasteiger partial charge in [0.15, 0.2) is 0 Å². The van der Waals surface area contributed by atoms with Gasteiger partial charge in [0.25, 0.3) is 0 Å². The number of benzene rings is 1. The van der Waals surface area contributed by atoms with E-state index in [9.17, 15) is 0 Å². The normalized spacial score (nSPS) is 10.4. The number of aromatic nitrogens is 6. The molecule has 0 fully saturated rings. The maximum Gasteiger partial charge on any atom is 0.223 e. The fraction of sp³-hybridized carbons (Fsp3) is 0.0833. The number of nitrogens with zero attached hydrogens (tertiary/aromatic N) is 6. The minimum atomic E-state index is 0.382. The average molecular weight is 269 g/mol. The first kappa shape index (κ1) is 12.0. The topological polar surface area (TPSA) is 105 Å². The van der Waals surface area contributed by atoms with Gasteiger partial charge >= 0.3 is 0 Å². The molecule has 0 aliphatic rings. The van der Waals surface area contributed by atoms with Crippen molar-refractivity contribution in [3.05, 3.63) is 36.7 Å².